The van der Waals surface area contributed by atoms with E-state index in [0.717, 1.165) is 12.8 Å². The highest BCUT2D eigenvalue weighted by Gasteiger charge is 2.23. The Hall–Kier alpha value is -1.46. The fraction of sp³-hybridized carbons (Fsp3) is 0.714. The molecule has 0 aromatic carbocycles. The van der Waals surface area contributed by atoms with Gasteiger partial charge < -0.3 is 10.1 Å². The Morgan fingerprint density at radius 2 is 2.23 bits per heavy atom. The number of hydrogen-bond acceptors (Lipinski definition) is 4. The van der Waals surface area contributed by atoms with Gasteiger partial charge in [0, 0.05) is 5.10 Å². The highest BCUT2D eigenvalue weighted by Crippen LogP contribution is 2.28. The van der Waals surface area contributed by atoms with Crippen molar-refractivity contribution in [3.8, 4) is 0 Å². The Bertz CT molecular complexity index is 316. The topological polar surface area (TPSA) is 73.8 Å². The van der Waals surface area contributed by atoms with Crippen LogP contribution >= 0.6 is 0 Å². The molecule has 1 aromatic rings. The molecule has 6 heteroatoms. The van der Waals surface area contributed by atoms with E-state index in [4.69, 9.17) is 0 Å². The molecule has 0 saturated heterocycles. The predicted molar refractivity (Wildman–Crippen MR) is 44.2 cm³/mol. The van der Waals surface area contributed by atoms with Crippen molar-refractivity contribution in [1.82, 2.24) is 14.8 Å². The zero-order valence-corrected chi connectivity index (χ0v) is 7.09. The van der Waals surface area contributed by atoms with Gasteiger partial charge in [0.2, 0.25) is 6.33 Å². The first-order valence-corrected chi connectivity index (χ1v) is 4.33. The molecule has 2 rings (SSSR count). The molecule has 0 amide bonds. The van der Waals surface area contributed by atoms with E-state index in [-0.39, 0.29) is 5.95 Å². The maximum atomic E-state index is 10.3. The fourth-order valence-electron chi connectivity index (χ4n) is 1.69. The van der Waals surface area contributed by atoms with Crippen LogP contribution in [0.5, 0.6) is 0 Å². The van der Waals surface area contributed by atoms with E-state index >= 15 is 0 Å². The molecule has 0 N–H and O–H groups in total. The molecule has 1 aliphatic rings. The van der Waals surface area contributed by atoms with Crippen molar-refractivity contribution in [3.05, 3.63) is 16.4 Å². The number of aromatic nitrogens is 3. The second-order valence-corrected chi connectivity index (χ2v) is 3.22. The Morgan fingerprint density at radius 3 is 2.77 bits per heavy atom. The lowest BCUT2D eigenvalue weighted by atomic mass is 10.3. The third-order valence-electron chi connectivity index (χ3n) is 2.36. The maximum Gasteiger partial charge on any atom is 0.490 e. The molecule has 0 unspecified atom stereocenters. The van der Waals surface area contributed by atoms with E-state index in [2.05, 4.69) is 10.1 Å². The van der Waals surface area contributed by atoms with Crippen molar-refractivity contribution in [2.45, 2.75) is 31.7 Å². The van der Waals surface area contributed by atoms with Gasteiger partial charge in [-0.2, -0.15) is 4.68 Å². The molecule has 0 spiro atoms. The number of hydrogen-bond donors (Lipinski definition) is 0. The SMILES string of the molecule is O=[N+]([O-])c1ncn(C2CCCC2)n1. The van der Waals surface area contributed by atoms with E-state index in [1.54, 1.807) is 4.68 Å². The minimum absolute atomic E-state index is 0.299. The summed E-state index contributed by atoms with van der Waals surface area (Å²) in [5.41, 5.74) is 0. The van der Waals surface area contributed by atoms with Crippen LogP contribution in [0.25, 0.3) is 0 Å². The smallest absolute Gasteiger partial charge is 0.390 e. The second-order valence-electron chi connectivity index (χ2n) is 3.22. The normalized spacial score (nSPS) is 17.8. The van der Waals surface area contributed by atoms with Crippen LogP contribution in [0.4, 0.5) is 5.95 Å². The standard InChI is InChI=1S/C7H10N4O2/c12-11(13)7-8-5-10(9-7)6-3-1-2-4-6/h5-6H,1-4H2. The Balaban J connectivity index is 2.16. The van der Waals surface area contributed by atoms with Gasteiger partial charge in [0.05, 0.1) is 6.04 Å². The summed E-state index contributed by atoms with van der Waals surface area (Å²) >= 11 is 0. The number of rotatable bonds is 2. The van der Waals surface area contributed by atoms with Crippen LogP contribution in [0.15, 0.2) is 6.33 Å². The minimum atomic E-state index is -0.564. The van der Waals surface area contributed by atoms with Crippen LogP contribution < -0.4 is 0 Å². The van der Waals surface area contributed by atoms with Gasteiger partial charge >= 0.3 is 5.95 Å². The maximum absolute atomic E-state index is 10.3. The van der Waals surface area contributed by atoms with Gasteiger partial charge in [-0.25, -0.2) is 0 Å². The van der Waals surface area contributed by atoms with Gasteiger partial charge in [-0.1, -0.05) is 17.8 Å². The zero-order chi connectivity index (χ0) is 9.26. The Morgan fingerprint density at radius 1 is 1.54 bits per heavy atom. The molecular weight excluding hydrogens is 172 g/mol. The molecule has 1 heterocycles. The summed E-state index contributed by atoms with van der Waals surface area (Å²) in [5, 5.41) is 14.1. The summed E-state index contributed by atoms with van der Waals surface area (Å²) in [6, 6.07) is 0.321. The van der Waals surface area contributed by atoms with E-state index < -0.39 is 4.92 Å². The summed E-state index contributed by atoms with van der Waals surface area (Å²) in [6.07, 6.45) is 5.92. The van der Waals surface area contributed by atoms with Gasteiger partial charge in [-0.05, 0) is 17.8 Å². The Labute approximate surface area is 74.7 Å². The molecule has 70 valence electrons. The summed E-state index contributed by atoms with van der Waals surface area (Å²) in [7, 11) is 0. The van der Waals surface area contributed by atoms with Gasteiger partial charge in [0.25, 0.3) is 0 Å². The van der Waals surface area contributed by atoms with E-state index in [0.29, 0.717) is 6.04 Å². The third kappa shape index (κ3) is 1.51. The lowest BCUT2D eigenvalue weighted by Crippen LogP contribution is -2.05. The van der Waals surface area contributed by atoms with Crippen LogP contribution in [0, 0.1) is 10.1 Å². The molecule has 6 nitrogen and oxygen atoms in total. The molecule has 13 heavy (non-hydrogen) atoms. The molecule has 0 radical (unpaired) electrons. The third-order valence-corrected chi connectivity index (χ3v) is 2.36. The molecular formula is C7H10N4O2. The quantitative estimate of drug-likeness (QED) is 0.510. The van der Waals surface area contributed by atoms with E-state index in [9.17, 15) is 10.1 Å². The highest BCUT2D eigenvalue weighted by molar-refractivity contribution is 4.98. The Kier molecular flexibility index (Phi) is 1.96. The molecule has 0 atom stereocenters. The summed E-state index contributed by atoms with van der Waals surface area (Å²) in [6.45, 7) is 0. The van der Waals surface area contributed by atoms with Crippen LogP contribution in [0.3, 0.4) is 0 Å². The second kappa shape index (κ2) is 3.12. The lowest BCUT2D eigenvalue weighted by Gasteiger charge is -2.02. The first kappa shape index (κ1) is 8.15. The van der Waals surface area contributed by atoms with E-state index in [1.165, 1.54) is 19.2 Å². The van der Waals surface area contributed by atoms with Crippen molar-refractivity contribution in [2.24, 2.45) is 0 Å². The van der Waals surface area contributed by atoms with Gasteiger partial charge in [-0.3, -0.25) is 0 Å². The van der Waals surface area contributed by atoms with Crippen molar-refractivity contribution in [3.63, 3.8) is 0 Å². The van der Waals surface area contributed by atoms with Crippen LogP contribution in [-0.2, 0) is 0 Å². The first-order valence-electron chi connectivity index (χ1n) is 4.33. The molecule has 1 aliphatic carbocycles. The minimum Gasteiger partial charge on any atom is -0.390 e. The van der Waals surface area contributed by atoms with Gasteiger partial charge in [-0.15, -0.1) is 0 Å². The van der Waals surface area contributed by atoms with Crippen molar-refractivity contribution < 1.29 is 4.92 Å². The monoisotopic (exact) mass is 182 g/mol. The molecule has 1 saturated carbocycles. The van der Waals surface area contributed by atoms with E-state index in [1.807, 2.05) is 0 Å². The highest BCUT2D eigenvalue weighted by atomic mass is 16.6. The molecule has 1 fully saturated rings. The van der Waals surface area contributed by atoms with Crippen LogP contribution in [-0.4, -0.2) is 19.7 Å². The van der Waals surface area contributed by atoms with Crippen LogP contribution in [0.2, 0.25) is 0 Å². The lowest BCUT2D eigenvalue weighted by molar-refractivity contribution is -0.394. The fourth-order valence-corrected chi connectivity index (χ4v) is 1.69. The molecule has 0 bridgehead atoms. The summed E-state index contributed by atoms with van der Waals surface area (Å²) in [4.78, 5) is 13.3. The number of nitro groups is 1. The van der Waals surface area contributed by atoms with Gasteiger partial charge in [0.15, 0.2) is 0 Å². The largest absolute Gasteiger partial charge is 0.490 e. The van der Waals surface area contributed by atoms with Crippen molar-refractivity contribution >= 4 is 5.95 Å². The van der Waals surface area contributed by atoms with Crippen LogP contribution in [0.1, 0.15) is 31.7 Å². The molecule has 1 aromatic heterocycles. The van der Waals surface area contributed by atoms with Crippen molar-refractivity contribution in [1.29, 1.82) is 0 Å². The average Bonchev–Trinajstić information content (AvgIpc) is 2.75. The number of nitrogens with zero attached hydrogens (tertiary/aromatic N) is 4. The average molecular weight is 182 g/mol. The summed E-state index contributed by atoms with van der Waals surface area (Å²) in [5.74, 6) is -0.299. The molecule has 0 aliphatic heterocycles. The zero-order valence-electron chi connectivity index (χ0n) is 7.09. The first-order chi connectivity index (χ1) is 6.27. The van der Waals surface area contributed by atoms with Crippen molar-refractivity contribution in [2.75, 3.05) is 0 Å². The van der Waals surface area contributed by atoms with Gasteiger partial charge in [0.1, 0.15) is 0 Å². The predicted octanol–water partition coefficient (Wildman–Crippen LogP) is 1.30. The summed E-state index contributed by atoms with van der Waals surface area (Å²) < 4.78 is 1.62.